The maximum atomic E-state index is 11.4. The first-order valence-electron chi connectivity index (χ1n) is 16.3. The molecule has 1 N–H and O–H groups in total. The predicted molar refractivity (Wildman–Crippen MR) is 166 cm³/mol. The van der Waals surface area contributed by atoms with Gasteiger partial charge in [-0.2, -0.15) is 0 Å². The molecule has 0 aromatic rings. The molecule has 4 heteroatoms. The second-order valence-corrected chi connectivity index (χ2v) is 11.1. The maximum absolute atomic E-state index is 11.4. The Morgan fingerprint density at radius 1 is 0.622 bits per heavy atom. The predicted octanol–water partition coefficient (Wildman–Crippen LogP) is 8.25. The van der Waals surface area contributed by atoms with E-state index in [0.29, 0.717) is 18.0 Å². The van der Waals surface area contributed by atoms with E-state index in [-0.39, 0.29) is 63.2 Å². The Hall–Kier alpha value is 1.07. The van der Waals surface area contributed by atoms with E-state index >= 15 is 0 Å². The molecule has 2 unspecified atom stereocenters. The molecule has 0 saturated carbocycles. The number of nitrogens with zero attached hydrogens (tertiary/aromatic N) is 1. The van der Waals surface area contributed by atoms with E-state index in [2.05, 4.69) is 46.9 Å². The van der Waals surface area contributed by atoms with Gasteiger partial charge in [-0.05, 0) is 12.3 Å². The zero-order valence-corrected chi connectivity index (χ0v) is 31.0. The number of unbranched alkanes of at least 4 members (excludes halogenated alkanes) is 12. The monoisotopic (exact) mass is 551 g/mol. The van der Waals surface area contributed by atoms with Gasteiger partial charge in [0.25, 0.3) is 0 Å². The largest absolute Gasteiger partial charge is 1.00 e. The van der Waals surface area contributed by atoms with Gasteiger partial charge in [0.1, 0.15) is 0 Å². The topological polar surface area (TPSA) is 43.2 Å². The normalized spacial score (nSPS) is 12.1. The third-order valence-corrected chi connectivity index (χ3v) is 6.67. The van der Waals surface area contributed by atoms with E-state index in [1.807, 2.05) is 27.7 Å². The van der Waals surface area contributed by atoms with E-state index in [1.54, 1.807) is 0 Å². The van der Waals surface area contributed by atoms with Crippen molar-refractivity contribution in [3.63, 3.8) is 0 Å². The molecule has 0 rings (SSSR count). The van der Waals surface area contributed by atoms with Gasteiger partial charge in [-0.3, -0.25) is 4.79 Å². The summed E-state index contributed by atoms with van der Waals surface area (Å²) >= 11 is 0. The summed E-state index contributed by atoms with van der Waals surface area (Å²) in [5, 5.41) is 7.78. The number of carbonyl (C=O) groups excluding carboxylic acids is 1. The smallest absolute Gasteiger partial charge is 0.660 e. The first-order valence-corrected chi connectivity index (χ1v) is 16.3. The van der Waals surface area contributed by atoms with Crippen molar-refractivity contribution < 1.29 is 56.2 Å². The van der Waals surface area contributed by atoms with Crippen LogP contribution in [-0.4, -0.2) is 24.5 Å². The molecule has 0 spiro atoms. The van der Waals surface area contributed by atoms with Gasteiger partial charge in [-0.25, -0.2) is 0 Å². The Bertz CT molecular complexity index is 415. The van der Waals surface area contributed by atoms with Crippen LogP contribution in [0.2, 0.25) is 0 Å². The van der Waals surface area contributed by atoms with Crippen LogP contribution in [0.15, 0.2) is 0 Å². The molecule has 0 aliphatic heterocycles. The molecule has 0 radical (unpaired) electrons. The summed E-state index contributed by atoms with van der Waals surface area (Å²) in [5.74, 6) is 0.799. The Labute approximate surface area is 279 Å². The zero-order chi connectivity index (χ0) is 28.0. The average Bonchev–Trinajstić information content (AvgIpc) is 2.85. The Morgan fingerprint density at radius 3 is 1.38 bits per heavy atom. The van der Waals surface area contributed by atoms with Crippen molar-refractivity contribution in [3.8, 4) is 0 Å². The Balaban J connectivity index is -0.000000293. The van der Waals surface area contributed by atoms with E-state index in [4.69, 9.17) is 5.32 Å². The molecular weight excluding hydrogens is 479 g/mol. The molecule has 0 fully saturated rings. The number of hydrogen-bond donors (Lipinski definition) is 1. The van der Waals surface area contributed by atoms with Crippen molar-refractivity contribution in [2.75, 3.05) is 6.54 Å². The van der Waals surface area contributed by atoms with Crippen LogP contribution in [0, 0.1) is 11.8 Å². The molecule has 220 valence electrons. The molecule has 0 aliphatic rings. The van der Waals surface area contributed by atoms with Crippen molar-refractivity contribution in [3.05, 3.63) is 5.32 Å². The summed E-state index contributed by atoms with van der Waals surface area (Å²) in [4.78, 5) is 11.4. The van der Waals surface area contributed by atoms with Crippen LogP contribution in [0.25, 0.3) is 5.32 Å². The van der Waals surface area contributed by atoms with Crippen LogP contribution in [-0.2, 0) is 4.79 Å². The first-order chi connectivity index (χ1) is 17.3. The van der Waals surface area contributed by atoms with Gasteiger partial charge in [0.05, 0.1) is 0 Å². The zero-order valence-electron chi connectivity index (χ0n) is 27.9. The number of rotatable bonds is 22. The quantitative estimate of drug-likeness (QED) is 0.107. The summed E-state index contributed by atoms with van der Waals surface area (Å²) in [6.45, 7) is 22.2. The minimum Gasteiger partial charge on any atom is -0.660 e. The fourth-order valence-electron chi connectivity index (χ4n) is 4.18. The van der Waals surface area contributed by atoms with Crippen LogP contribution < -0.4 is 56.7 Å². The molecule has 0 heterocycles. The van der Waals surface area contributed by atoms with E-state index in [0.717, 1.165) is 19.4 Å². The number of carbonyl (C=O) groups is 1. The molecule has 2 atom stereocenters. The van der Waals surface area contributed by atoms with Crippen molar-refractivity contribution in [2.45, 2.75) is 190 Å². The number of hydrogen-bond acceptors (Lipinski definition) is 1. The van der Waals surface area contributed by atoms with Crippen LogP contribution in [0.3, 0.4) is 0 Å². The Kier molecular flexibility index (Phi) is 45.1. The van der Waals surface area contributed by atoms with Crippen molar-refractivity contribution in [1.29, 1.82) is 0 Å². The number of nitrogens with one attached hydrogen (secondary N) is 1. The third kappa shape index (κ3) is 37.1. The molecule has 0 aliphatic carbocycles. The second kappa shape index (κ2) is 37.1. The fourth-order valence-corrected chi connectivity index (χ4v) is 4.18. The third-order valence-electron chi connectivity index (χ3n) is 6.67. The molecule has 0 bridgehead atoms. The minimum atomic E-state index is 0. The SMILES string of the molecule is CC.CCCC(NC(=O)C(C)C)C(C)C.CCCCCCCCCCCCCCC[N-]C(C)CCC.[K+]. The van der Waals surface area contributed by atoms with Gasteiger partial charge in [-0.1, -0.05) is 172 Å². The van der Waals surface area contributed by atoms with Crippen molar-refractivity contribution in [1.82, 2.24) is 5.32 Å². The van der Waals surface area contributed by atoms with Crippen LogP contribution >= 0.6 is 0 Å². The van der Waals surface area contributed by atoms with Gasteiger partial charge >= 0.3 is 51.4 Å². The van der Waals surface area contributed by atoms with Crippen LogP contribution in [0.1, 0.15) is 178 Å². The summed E-state index contributed by atoms with van der Waals surface area (Å²) in [6.07, 6.45) is 23.4. The second-order valence-electron chi connectivity index (χ2n) is 11.1. The molecule has 0 saturated heterocycles. The first kappa shape index (κ1) is 45.1. The summed E-state index contributed by atoms with van der Waals surface area (Å²) < 4.78 is 0. The molecule has 0 aromatic carbocycles. The minimum absolute atomic E-state index is 0. The van der Waals surface area contributed by atoms with Crippen molar-refractivity contribution >= 4 is 5.91 Å². The van der Waals surface area contributed by atoms with Gasteiger partial charge in [0.2, 0.25) is 5.91 Å². The Morgan fingerprint density at radius 2 is 1.03 bits per heavy atom. The molecule has 37 heavy (non-hydrogen) atoms. The molecular formula is C33H71KN2O. The molecule has 0 aromatic heterocycles. The van der Waals surface area contributed by atoms with Gasteiger partial charge in [0, 0.05) is 12.0 Å². The maximum Gasteiger partial charge on any atom is 1.00 e. The van der Waals surface area contributed by atoms with E-state index < -0.39 is 0 Å². The van der Waals surface area contributed by atoms with Gasteiger partial charge in [0.15, 0.2) is 0 Å². The van der Waals surface area contributed by atoms with Gasteiger partial charge < -0.3 is 10.6 Å². The summed E-state index contributed by atoms with van der Waals surface area (Å²) in [7, 11) is 0. The van der Waals surface area contributed by atoms with E-state index in [9.17, 15) is 4.79 Å². The summed E-state index contributed by atoms with van der Waals surface area (Å²) in [6, 6.07) is 0.937. The standard InChI is InChI=1S/C20H42N.C11H23NO.C2H6.K/c1-4-6-7-8-9-10-11-12-13-14-15-16-17-19-21-20(3)18-5-2;1-6-7-10(8(2)3)12-11(13)9(4)5;1-2;/h20H,4-19H2,1-3H3;8-10H,6-7H2,1-5H3,(H,12,13);1-2H3;/q-1;;;+1. The summed E-state index contributed by atoms with van der Waals surface area (Å²) in [5.41, 5.74) is 0. The van der Waals surface area contributed by atoms with Crippen molar-refractivity contribution in [2.24, 2.45) is 11.8 Å². The molecule has 3 nitrogen and oxygen atoms in total. The number of amides is 1. The van der Waals surface area contributed by atoms with Gasteiger partial charge in [-0.15, -0.1) is 12.6 Å². The average molecular weight is 551 g/mol. The van der Waals surface area contributed by atoms with E-state index in [1.165, 1.54) is 96.3 Å². The van der Waals surface area contributed by atoms with Crippen LogP contribution in [0.5, 0.6) is 0 Å². The van der Waals surface area contributed by atoms with Crippen LogP contribution in [0.4, 0.5) is 0 Å². The molecule has 1 amide bonds. The fraction of sp³-hybridized carbons (Fsp3) is 0.970.